The maximum Gasteiger partial charge on any atom is 0.267 e. The Morgan fingerprint density at radius 3 is 3.05 bits per heavy atom. The summed E-state index contributed by atoms with van der Waals surface area (Å²) in [5.41, 5.74) is 7.18. The van der Waals surface area contributed by atoms with Gasteiger partial charge in [0.15, 0.2) is 12.4 Å². The van der Waals surface area contributed by atoms with Gasteiger partial charge in [-0.05, 0) is 18.2 Å². The molecule has 0 amide bonds. The lowest BCUT2D eigenvalue weighted by Gasteiger charge is -2.00. The van der Waals surface area contributed by atoms with Crippen molar-refractivity contribution in [3.05, 3.63) is 59.3 Å². The first-order chi connectivity index (χ1) is 10.7. The zero-order valence-corrected chi connectivity index (χ0v) is 12.0. The Balaban J connectivity index is 1.62. The number of oxime groups is 1. The van der Waals surface area contributed by atoms with Crippen LogP contribution < -0.4 is 5.73 Å². The maximum atomic E-state index is 5.88. The average Bonchev–Trinajstić information content (AvgIpc) is 3.18. The summed E-state index contributed by atoms with van der Waals surface area (Å²) in [5, 5.41) is 8.16. The van der Waals surface area contributed by atoms with Crippen molar-refractivity contribution in [2.75, 3.05) is 0 Å². The van der Waals surface area contributed by atoms with Crippen molar-refractivity contribution in [3.63, 3.8) is 0 Å². The van der Waals surface area contributed by atoms with Gasteiger partial charge in [-0.3, -0.25) is 0 Å². The number of hydrogen-bond donors (Lipinski definition) is 1. The van der Waals surface area contributed by atoms with Gasteiger partial charge in [0.25, 0.3) is 5.89 Å². The molecule has 0 atom stereocenters. The molecule has 2 heterocycles. The number of rotatable bonds is 5. The van der Waals surface area contributed by atoms with E-state index in [9.17, 15) is 0 Å². The Kier molecular flexibility index (Phi) is 4.06. The van der Waals surface area contributed by atoms with Crippen LogP contribution in [0.3, 0.4) is 0 Å². The van der Waals surface area contributed by atoms with Gasteiger partial charge in [0.1, 0.15) is 6.26 Å². The van der Waals surface area contributed by atoms with Crippen LogP contribution in [0.4, 0.5) is 0 Å². The molecular weight excluding hydrogens is 308 g/mol. The molecule has 0 unspecified atom stereocenters. The molecular formula is C14H11ClN4O3. The zero-order chi connectivity index (χ0) is 15.4. The summed E-state index contributed by atoms with van der Waals surface area (Å²) in [6.45, 7) is 0.00607. The van der Waals surface area contributed by atoms with E-state index in [0.717, 1.165) is 5.56 Å². The SMILES string of the molecule is NC(=NOCc1nc(-c2ccoc2)no1)c1cccc(Cl)c1. The van der Waals surface area contributed by atoms with Gasteiger partial charge in [-0.25, -0.2) is 0 Å². The molecule has 3 rings (SSSR count). The molecule has 0 saturated carbocycles. The molecule has 8 heteroatoms. The van der Waals surface area contributed by atoms with Gasteiger partial charge in [0.05, 0.1) is 11.8 Å². The number of furan rings is 1. The van der Waals surface area contributed by atoms with Gasteiger partial charge in [-0.15, -0.1) is 0 Å². The fourth-order valence-electron chi connectivity index (χ4n) is 1.68. The molecule has 0 bridgehead atoms. The van der Waals surface area contributed by atoms with Crippen molar-refractivity contribution in [2.45, 2.75) is 6.61 Å². The van der Waals surface area contributed by atoms with Crippen LogP contribution >= 0.6 is 11.6 Å². The molecule has 0 aliphatic carbocycles. The molecule has 0 spiro atoms. The van der Waals surface area contributed by atoms with E-state index >= 15 is 0 Å². The lowest BCUT2D eigenvalue weighted by atomic mass is 10.2. The van der Waals surface area contributed by atoms with Gasteiger partial charge >= 0.3 is 0 Å². The molecule has 0 aliphatic rings. The van der Waals surface area contributed by atoms with Crippen molar-refractivity contribution >= 4 is 17.4 Å². The molecule has 1 aromatic carbocycles. The summed E-state index contributed by atoms with van der Waals surface area (Å²) in [7, 11) is 0. The summed E-state index contributed by atoms with van der Waals surface area (Å²) >= 11 is 5.88. The third kappa shape index (κ3) is 3.26. The Morgan fingerprint density at radius 2 is 2.27 bits per heavy atom. The van der Waals surface area contributed by atoms with Gasteiger partial charge in [-0.1, -0.05) is 34.0 Å². The van der Waals surface area contributed by atoms with E-state index in [1.165, 1.54) is 12.5 Å². The van der Waals surface area contributed by atoms with Gasteiger partial charge in [0, 0.05) is 10.6 Å². The number of halogens is 1. The highest BCUT2D eigenvalue weighted by molar-refractivity contribution is 6.31. The fraction of sp³-hybridized carbons (Fsp3) is 0.0714. The number of nitrogens with zero attached hydrogens (tertiary/aromatic N) is 3. The summed E-state index contributed by atoms with van der Waals surface area (Å²) in [4.78, 5) is 9.25. The van der Waals surface area contributed by atoms with Gasteiger partial charge in [0.2, 0.25) is 5.82 Å². The monoisotopic (exact) mass is 318 g/mol. The second-order valence-corrected chi connectivity index (χ2v) is 4.72. The topological polar surface area (TPSA) is 99.7 Å². The zero-order valence-electron chi connectivity index (χ0n) is 11.3. The molecule has 2 aromatic heterocycles. The van der Waals surface area contributed by atoms with E-state index in [-0.39, 0.29) is 18.3 Å². The van der Waals surface area contributed by atoms with E-state index in [0.29, 0.717) is 16.4 Å². The van der Waals surface area contributed by atoms with Crippen molar-refractivity contribution in [2.24, 2.45) is 10.9 Å². The molecule has 112 valence electrons. The van der Waals surface area contributed by atoms with Crippen LogP contribution in [-0.2, 0) is 11.4 Å². The fourth-order valence-corrected chi connectivity index (χ4v) is 1.87. The van der Waals surface area contributed by atoms with E-state index in [1.807, 2.05) is 0 Å². The van der Waals surface area contributed by atoms with Crippen LogP contribution in [-0.4, -0.2) is 16.0 Å². The molecule has 0 radical (unpaired) electrons. The Bertz CT molecular complexity index is 783. The van der Waals surface area contributed by atoms with Crippen LogP contribution in [0.5, 0.6) is 0 Å². The molecule has 2 N–H and O–H groups in total. The quantitative estimate of drug-likeness (QED) is 0.441. The minimum absolute atomic E-state index is 0.00607. The van der Waals surface area contributed by atoms with E-state index in [2.05, 4.69) is 15.3 Å². The number of benzene rings is 1. The van der Waals surface area contributed by atoms with Crippen LogP contribution in [0.2, 0.25) is 5.02 Å². The van der Waals surface area contributed by atoms with E-state index < -0.39 is 0 Å². The third-order valence-electron chi connectivity index (χ3n) is 2.72. The maximum absolute atomic E-state index is 5.88. The predicted octanol–water partition coefficient (Wildman–Crippen LogP) is 2.82. The average molecular weight is 319 g/mol. The van der Waals surface area contributed by atoms with Gasteiger partial charge in [-0.2, -0.15) is 4.98 Å². The normalized spacial score (nSPS) is 11.6. The minimum Gasteiger partial charge on any atom is -0.472 e. The van der Waals surface area contributed by atoms with Gasteiger partial charge < -0.3 is 19.5 Å². The van der Waals surface area contributed by atoms with Crippen molar-refractivity contribution in [1.29, 1.82) is 0 Å². The first-order valence-electron chi connectivity index (χ1n) is 6.29. The van der Waals surface area contributed by atoms with Crippen molar-refractivity contribution < 1.29 is 13.8 Å². The molecule has 0 aliphatic heterocycles. The first kappa shape index (κ1) is 14.2. The van der Waals surface area contributed by atoms with E-state index in [1.54, 1.807) is 30.3 Å². The highest BCUT2D eigenvalue weighted by atomic mass is 35.5. The summed E-state index contributed by atoms with van der Waals surface area (Å²) in [5.74, 6) is 0.898. The lowest BCUT2D eigenvalue weighted by Crippen LogP contribution is -2.13. The van der Waals surface area contributed by atoms with Crippen LogP contribution in [0.15, 0.2) is 57.0 Å². The molecule has 7 nitrogen and oxygen atoms in total. The Morgan fingerprint density at radius 1 is 1.36 bits per heavy atom. The van der Waals surface area contributed by atoms with Crippen molar-refractivity contribution in [1.82, 2.24) is 10.1 Å². The lowest BCUT2D eigenvalue weighted by molar-refractivity contribution is 0.105. The highest BCUT2D eigenvalue weighted by Gasteiger charge is 2.10. The van der Waals surface area contributed by atoms with Crippen LogP contribution in [0.25, 0.3) is 11.4 Å². The van der Waals surface area contributed by atoms with Crippen molar-refractivity contribution in [3.8, 4) is 11.4 Å². The second kappa shape index (κ2) is 6.31. The first-order valence-corrected chi connectivity index (χ1v) is 6.67. The standard InChI is InChI=1S/C14H11ClN4O3/c15-11-3-1-2-9(6-11)13(16)18-21-8-12-17-14(19-22-12)10-4-5-20-7-10/h1-7H,8H2,(H2,16,18). The number of nitrogens with two attached hydrogens (primary N) is 1. The largest absolute Gasteiger partial charge is 0.472 e. The molecule has 3 aromatic rings. The number of amidine groups is 1. The molecule has 0 fully saturated rings. The summed E-state index contributed by atoms with van der Waals surface area (Å²) in [6.07, 6.45) is 3.04. The Labute approximate surface area is 130 Å². The smallest absolute Gasteiger partial charge is 0.267 e. The molecule has 22 heavy (non-hydrogen) atoms. The third-order valence-corrected chi connectivity index (χ3v) is 2.95. The number of aromatic nitrogens is 2. The molecule has 0 saturated heterocycles. The summed E-state index contributed by atoms with van der Waals surface area (Å²) < 4.78 is 9.98. The predicted molar refractivity (Wildman–Crippen MR) is 79.0 cm³/mol. The number of hydrogen-bond acceptors (Lipinski definition) is 6. The highest BCUT2D eigenvalue weighted by Crippen LogP contribution is 2.16. The van der Waals surface area contributed by atoms with Crippen LogP contribution in [0.1, 0.15) is 11.5 Å². The second-order valence-electron chi connectivity index (χ2n) is 4.28. The minimum atomic E-state index is 0.00607. The van der Waals surface area contributed by atoms with Crippen LogP contribution in [0, 0.1) is 0 Å². The van der Waals surface area contributed by atoms with E-state index in [4.69, 9.17) is 31.1 Å². The Hall–Kier alpha value is -2.80. The summed E-state index contributed by atoms with van der Waals surface area (Å²) in [6, 6.07) is 8.71.